The SMILES string of the molecule is CN(C)c1ccccc1N1CCOCCOCCOCCOCC1. The standard InChI is InChI=1S/C18H30N2O4/c1-19(2)17-5-3-4-6-18(17)20-7-9-21-11-13-23-15-16-24-14-12-22-10-8-20/h3-6H,7-16H2,1-2H3. The van der Waals surface area contributed by atoms with Gasteiger partial charge in [0, 0.05) is 27.2 Å². The lowest BCUT2D eigenvalue weighted by Gasteiger charge is -2.29. The molecule has 0 aromatic heterocycles. The van der Waals surface area contributed by atoms with Crippen molar-refractivity contribution in [1.82, 2.24) is 0 Å². The van der Waals surface area contributed by atoms with Crippen molar-refractivity contribution in [2.24, 2.45) is 0 Å². The molecule has 24 heavy (non-hydrogen) atoms. The lowest BCUT2D eigenvalue weighted by atomic mass is 10.2. The van der Waals surface area contributed by atoms with Gasteiger partial charge in [-0.2, -0.15) is 0 Å². The van der Waals surface area contributed by atoms with Gasteiger partial charge in [0.15, 0.2) is 0 Å². The van der Waals surface area contributed by atoms with Gasteiger partial charge in [-0.15, -0.1) is 0 Å². The van der Waals surface area contributed by atoms with Gasteiger partial charge in [0.2, 0.25) is 0 Å². The first-order valence-corrected chi connectivity index (χ1v) is 8.61. The van der Waals surface area contributed by atoms with Gasteiger partial charge in [-0.25, -0.2) is 0 Å². The molecule has 0 unspecified atom stereocenters. The number of hydrogen-bond acceptors (Lipinski definition) is 6. The predicted molar refractivity (Wildman–Crippen MR) is 96.3 cm³/mol. The third-order valence-corrected chi connectivity index (χ3v) is 3.83. The second-order valence-electron chi connectivity index (χ2n) is 5.82. The van der Waals surface area contributed by atoms with E-state index in [1.54, 1.807) is 0 Å². The molecule has 1 fully saturated rings. The monoisotopic (exact) mass is 338 g/mol. The van der Waals surface area contributed by atoms with Crippen LogP contribution in [-0.4, -0.2) is 80.0 Å². The summed E-state index contributed by atoms with van der Waals surface area (Å²) in [5, 5.41) is 0. The third-order valence-electron chi connectivity index (χ3n) is 3.83. The minimum absolute atomic E-state index is 0.603. The Hall–Kier alpha value is -1.34. The molecule has 0 aliphatic carbocycles. The summed E-state index contributed by atoms with van der Waals surface area (Å²) in [6, 6.07) is 8.42. The van der Waals surface area contributed by atoms with E-state index in [0.717, 1.165) is 13.1 Å². The predicted octanol–water partition coefficient (Wildman–Crippen LogP) is 1.64. The molecule has 1 saturated heterocycles. The maximum Gasteiger partial charge on any atom is 0.0701 e. The highest BCUT2D eigenvalue weighted by atomic mass is 16.6. The number of benzene rings is 1. The van der Waals surface area contributed by atoms with Crippen molar-refractivity contribution in [3.05, 3.63) is 24.3 Å². The number of hydrogen-bond donors (Lipinski definition) is 0. The lowest BCUT2D eigenvalue weighted by molar-refractivity contribution is 0.00206. The van der Waals surface area contributed by atoms with Gasteiger partial charge in [-0.3, -0.25) is 0 Å². The van der Waals surface area contributed by atoms with E-state index in [2.05, 4.69) is 48.2 Å². The van der Waals surface area contributed by atoms with Crippen LogP contribution in [0.1, 0.15) is 0 Å². The molecule has 0 N–H and O–H groups in total. The second kappa shape index (κ2) is 11.3. The van der Waals surface area contributed by atoms with E-state index in [-0.39, 0.29) is 0 Å². The van der Waals surface area contributed by atoms with E-state index < -0.39 is 0 Å². The summed E-state index contributed by atoms with van der Waals surface area (Å²) in [6.45, 7) is 6.62. The summed E-state index contributed by atoms with van der Waals surface area (Å²) in [5.41, 5.74) is 2.40. The van der Waals surface area contributed by atoms with Crippen LogP contribution in [0.15, 0.2) is 24.3 Å². The fourth-order valence-corrected chi connectivity index (χ4v) is 2.57. The van der Waals surface area contributed by atoms with E-state index in [4.69, 9.17) is 18.9 Å². The molecule has 6 heteroatoms. The van der Waals surface area contributed by atoms with Crippen LogP contribution in [0.5, 0.6) is 0 Å². The van der Waals surface area contributed by atoms with Crippen molar-refractivity contribution in [2.45, 2.75) is 0 Å². The average Bonchev–Trinajstić information content (AvgIpc) is 2.60. The fraction of sp³-hybridized carbons (Fsp3) is 0.667. The van der Waals surface area contributed by atoms with Crippen molar-refractivity contribution in [3.63, 3.8) is 0 Å². The van der Waals surface area contributed by atoms with Crippen LogP contribution < -0.4 is 9.80 Å². The zero-order valence-electron chi connectivity index (χ0n) is 14.9. The van der Waals surface area contributed by atoms with Gasteiger partial charge in [0.05, 0.1) is 64.2 Å². The van der Waals surface area contributed by atoms with E-state index >= 15 is 0 Å². The van der Waals surface area contributed by atoms with Gasteiger partial charge < -0.3 is 28.7 Å². The molecule has 0 bridgehead atoms. The molecule has 1 heterocycles. The Labute approximate surface area is 145 Å². The Morgan fingerprint density at radius 1 is 0.708 bits per heavy atom. The zero-order valence-corrected chi connectivity index (χ0v) is 14.9. The Kier molecular flexibility index (Phi) is 8.91. The first-order valence-electron chi connectivity index (χ1n) is 8.61. The molecule has 0 radical (unpaired) electrons. The smallest absolute Gasteiger partial charge is 0.0701 e. The zero-order chi connectivity index (χ0) is 17.0. The minimum atomic E-state index is 0.603. The van der Waals surface area contributed by atoms with Crippen LogP contribution in [0.2, 0.25) is 0 Å². The summed E-state index contributed by atoms with van der Waals surface area (Å²) in [6.07, 6.45) is 0. The Morgan fingerprint density at radius 2 is 1.17 bits per heavy atom. The van der Waals surface area contributed by atoms with Crippen LogP contribution in [-0.2, 0) is 18.9 Å². The molecular formula is C18H30N2O4. The molecule has 6 nitrogen and oxygen atoms in total. The van der Waals surface area contributed by atoms with Gasteiger partial charge in [0.1, 0.15) is 0 Å². The Bertz CT molecular complexity index is 440. The van der Waals surface area contributed by atoms with Crippen LogP contribution in [0.25, 0.3) is 0 Å². The molecule has 0 saturated carbocycles. The second-order valence-corrected chi connectivity index (χ2v) is 5.82. The highest BCUT2D eigenvalue weighted by Gasteiger charge is 2.12. The maximum atomic E-state index is 5.70. The highest BCUT2D eigenvalue weighted by molar-refractivity contribution is 5.70. The van der Waals surface area contributed by atoms with E-state index in [9.17, 15) is 0 Å². The van der Waals surface area contributed by atoms with Crippen molar-refractivity contribution in [2.75, 3.05) is 89.8 Å². The third kappa shape index (κ3) is 6.65. The Morgan fingerprint density at radius 3 is 1.67 bits per heavy atom. The largest absolute Gasteiger partial charge is 0.377 e. The summed E-state index contributed by atoms with van der Waals surface area (Å²) in [5.74, 6) is 0. The summed E-state index contributed by atoms with van der Waals surface area (Å²) >= 11 is 0. The van der Waals surface area contributed by atoms with Crippen molar-refractivity contribution < 1.29 is 18.9 Å². The van der Waals surface area contributed by atoms with E-state index in [1.165, 1.54) is 11.4 Å². The van der Waals surface area contributed by atoms with Gasteiger partial charge in [-0.1, -0.05) is 12.1 Å². The minimum Gasteiger partial charge on any atom is -0.377 e. The van der Waals surface area contributed by atoms with Crippen molar-refractivity contribution in [3.8, 4) is 0 Å². The normalized spacial score (nSPS) is 19.3. The van der Waals surface area contributed by atoms with Gasteiger partial charge in [-0.05, 0) is 12.1 Å². The molecule has 1 aromatic carbocycles. The van der Waals surface area contributed by atoms with E-state index in [0.29, 0.717) is 52.9 Å². The highest BCUT2D eigenvalue weighted by Crippen LogP contribution is 2.27. The van der Waals surface area contributed by atoms with Crippen molar-refractivity contribution >= 4 is 11.4 Å². The van der Waals surface area contributed by atoms with Crippen molar-refractivity contribution in [1.29, 1.82) is 0 Å². The molecule has 2 rings (SSSR count). The number of para-hydroxylation sites is 2. The molecular weight excluding hydrogens is 308 g/mol. The summed E-state index contributed by atoms with van der Waals surface area (Å²) < 4.78 is 22.3. The van der Waals surface area contributed by atoms with Gasteiger partial charge >= 0.3 is 0 Å². The number of nitrogens with zero attached hydrogens (tertiary/aromatic N) is 2. The Balaban J connectivity index is 1.98. The summed E-state index contributed by atoms with van der Waals surface area (Å²) in [7, 11) is 4.13. The topological polar surface area (TPSA) is 43.4 Å². The molecule has 136 valence electrons. The van der Waals surface area contributed by atoms with E-state index in [1.807, 2.05) is 0 Å². The summed E-state index contributed by atoms with van der Waals surface area (Å²) in [4.78, 5) is 4.45. The molecule has 1 aliphatic heterocycles. The fourth-order valence-electron chi connectivity index (χ4n) is 2.57. The number of anilines is 2. The van der Waals surface area contributed by atoms with Gasteiger partial charge in [0.25, 0.3) is 0 Å². The first kappa shape index (κ1) is 19.0. The number of ether oxygens (including phenoxy) is 4. The molecule has 1 aromatic rings. The molecule has 1 aliphatic rings. The van der Waals surface area contributed by atoms with Crippen LogP contribution in [0, 0.1) is 0 Å². The number of rotatable bonds is 2. The molecule has 0 spiro atoms. The van der Waals surface area contributed by atoms with Crippen LogP contribution >= 0.6 is 0 Å². The van der Waals surface area contributed by atoms with Crippen LogP contribution in [0.3, 0.4) is 0 Å². The van der Waals surface area contributed by atoms with Crippen LogP contribution in [0.4, 0.5) is 11.4 Å². The quantitative estimate of drug-likeness (QED) is 0.817. The lowest BCUT2D eigenvalue weighted by Crippen LogP contribution is -2.32. The maximum absolute atomic E-state index is 5.70. The molecule has 0 amide bonds. The first-order chi connectivity index (χ1) is 11.8. The molecule has 0 atom stereocenters. The average molecular weight is 338 g/mol.